The summed E-state index contributed by atoms with van der Waals surface area (Å²) in [4.78, 5) is 2.79. The first-order valence-corrected chi connectivity index (χ1v) is 8.99. The Balaban J connectivity index is 2.29. The molecule has 1 aliphatic rings. The molecule has 0 radical (unpaired) electrons. The topological polar surface area (TPSA) is 75.4 Å². The molecule has 1 heterocycles. The molecule has 1 aromatic rings. The van der Waals surface area contributed by atoms with Crippen molar-refractivity contribution in [3.63, 3.8) is 0 Å². The maximum Gasteiger partial charge on any atom is 0.255 e. The van der Waals surface area contributed by atoms with Crippen LogP contribution >= 0.6 is 31.9 Å². The molecule has 0 atom stereocenters. The van der Waals surface area contributed by atoms with Crippen LogP contribution in [0.25, 0.3) is 0 Å². The van der Waals surface area contributed by atoms with Crippen LogP contribution in [-0.2, 0) is 10.0 Å². The highest BCUT2D eigenvalue weighted by Gasteiger charge is 2.24. The third-order valence-corrected chi connectivity index (χ3v) is 6.15. The van der Waals surface area contributed by atoms with Crippen molar-refractivity contribution in [3.8, 4) is 0 Å². The summed E-state index contributed by atoms with van der Waals surface area (Å²) in [6.07, 6.45) is 3.16. The first-order chi connectivity index (χ1) is 8.90. The average Bonchev–Trinajstić information content (AvgIpc) is 2.27. The Hall–Kier alpha value is -0.150. The summed E-state index contributed by atoms with van der Waals surface area (Å²) in [6.45, 7) is 1.48. The molecule has 19 heavy (non-hydrogen) atoms. The Morgan fingerprint density at radius 2 is 1.63 bits per heavy atom. The molecule has 5 nitrogen and oxygen atoms in total. The quantitative estimate of drug-likeness (QED) is 0.747. The number of piperidine rings is 1. The minimum atomic E-state index is -3.61. The number of halogens is 2. The van der Waals surface area contributed by atoms with Gasteiger partial charge in [0.05, 0.1) is 0 Å². The van der Waals surface area contributed by atoms with E-state index in [1.165, 1.54) is 0 Å². The van der Waals surface area contributed by atoms with E-state index in [1.807, 2.05) is 0 Å². The largest absolute Gasteiger partial charge is 0.399 e. The van der Waals surface area contributed by atoms with Gasteiger partial charge in [0.1, 0.15) is 4.90 Å². The molecule has 1 saturated heterocycles. The summed E-state index contributed by atoms with van der Waals surface area (Å²) >= 11 is 6.50. The van der Waals surface area contributed by atoms with Crippen molar-refractivity contribution in [1.29, 1.82) is 0 Å². The number of nitrogens with one attached hydrogen (secondary N) is 1. The van der Waals surface area contributed by atoms with Gasteiger partial charge in [-0.3, -0.25) is 0 Å². The molecular formula is C11H15Br2N3O2S. The predicted molar refractivity (Wildman–Crippen MR) is 82.0 cm³/mol. The summed E-state index contributed by atoms with van der Waals surface area (Å²) in [6, 6.07) is 3.16. The van der Waals surface area contributed by atoms with Crippen molar-refractivity contribution in [2.75, 3.05) is 18.8 Å². The fourth-order valence-corrected chi connectivity index (χ4v) is 5.78. The highest BCUT2D eigenvalue weighted by molar-refractivity contribution is 9.11. The van der Waals surface area contributed by atoms with Crippen LogP contribution in [0.2, 0.25) is 0 Å². The summed E-state index contributed by atoms with van der Waals surface area (Å²) in [7, 11) is -3.61. The molecule has 106 valence electrons. The standard InChI is InChI=1S/C11H15Br2N3O2S/c12-9-6-8(14)7-10(13)11(9)19(17,18)15-16-4-2-1-3-5-16/h6-7,15H,1-5,14H2. The van der Waals surface area contributed by atoms with Gasteiger partial charge in [0, 0.05) is 27.7 Å². The highest BCUT2D eigenvalue weighted by atomic mass is 79.9. The monoisotopic (exact) mass is 411 g/mol. The van der Waals surface area contributed by atoms with Crippen molar-refractivity contribution in [1.82, 2.24) is 9.84 Å². The first kappa shape index (κ1) is 15.2. The SMILES string of the molecule is Nc1cc(Br)c(S(=O)(=O)NN2CCCCC2)c(Br)c1. The minimum absolute atomic E-state index is 0.173. The summed E-state index contributed by atoms with van der Waals surface area (Å²) in [5.41, 5.74) is 6.17. The van der Waals surface area contributed by atoms with E-state index >= 15 is 0 Å². The fourth-order valence-electron chi connectivity index (χ4n) is 2.04. The van der Waals surface area contributed by atoms with Gasteiger partial charge in [0.15, 0.2) is 0 Å². The Kier molecular flexibility index (Phi) is 4.88. The van der Waals surface area contributed by atoms with Gasteiger partial charge < -0.3 is 5.73 Å². The Labute approximate surface area is 129 Å². The molecule has 0 amide bonds. The molecule has 0 aliphatic carbocycles. The van der Waals surface area contributed by atoms with Gasteiger partial charge in [-0.25, -0.2) is 13.4 Å². The number of hydrazine groups is 1. The van der Waals surface area contributed by atoms with Crippen LogP contribution in [0, 0.1) is 0 Å². The minimum Gasteiger partial charge on any atom is -0.399 e. The van der Waals surface area contributed by atoms with Crippen LogP contribution in [0.4, 0.5) is 5.69 Å². The number of benzene rings is 1. The molecule has 0 spiro atoms. The zero-order valence-electron chi connectivity index (χ0n) is 10.2. The van der Waals surface area contributed by atoms with E-state index < -0.39 is 10.0 Å². The average molecular weight is 413 g/mol. The molecule has 1 aromatic carbocycles. The van der Waals surface area contributed by atoms with Gasteiger partial charge in [0.2, 0.25) is 0 Å². The van der Waals surface area contributed by atoms with Crippen molar-refractivity contribution < 1.29 is 8.42 Å². The zero-order valence-corrected chi connectivity index (χ0v) is 14.2. The van der Waals surface area contributed by atoms with Crippen LogP contribution < -0.4 is 10.6 Å². The lowest BCUT2D eigenvalue weighted by Gasteiger charge is -2.27. The molecule has 8 heteroatoms. The predicted octanol–water partition coefficient (Wildman–Crippen LogP) is 2.47. The molecule has 0 aromatic heterocycles. The van der Waals surface area contributed by atoms with Crippen LogP contribution in [0.5, 0.6) is 0 Å². The molecule has 2 rings (SSSR count). The van der Waals surface area contributed by atoms with Gasteiger partial charge in [-0.1, -0.05) is 6.42 Å². The van der Waals surface area contributed by atoms with Crippen LogP contribution in [0.3, 0.4) is 0 Å². The van der Waals surface area contributed by atoms with E-state index in [2.05, 4.69) is 36.7 Å². The lowest BCUT2D eigenvalue weighted by Crippen LogP contribution is -2.45. The molecule has 0 bridgehead atoms. The molecule has 0 unspecified atom stereocenters. The smallest absolute Gasteiger partial charge is 0.255 e. The molecule has 0 saturated carbocycles. The number of nitrogen functional groups attached to an aromatic ring is 1. The lowest BCUT2D eigenvalue weighted by molar-refractivity contribution is 0.200. The number of rotatable bonds is 3. The number of hydrogen-bond donors (Lipinski definition) is 2. The molecule has 3 N–H and O–H groups in total. The van der Waals surface area contributed by atoms with Crippen LogP contribution in [0.1, 0.15) is 19.3 Å². The van der Waals surface area contributed by atoms with Crippen molar-refractivity contribution in [3.05, 3.63) is 21.1 Å². The summed E-state index contributed by atoms with van der Waals surface area (Å²) in [5, 5.41) is 1.74. The van der Waals surface area contributed by atoms with E-state index in [1.54, 1.807) is 17.1 Å². The van der Waals surface area contributed by atoms with E-state index in [4.69, 9.17) is 5.73 Å². The number of nitrogens with two attached hydrogens (primary N) is 1. The number of sulfonamides is 1. The zero-order chi connectivity index (χ0) is 14.0. The maximum absolute atomic E-state index is 12.4. The van der Waals surface area contributed by atoms with E-state index in [-0.39, 0.29) is 4.90 Å². The second-order valence-electron chi connectivity index (χ2n) is 4.46. The van der Waals surface area contributed by atoms with Gasteiger partial charge in [0.25, 0.3) is 10.0 Å². The van der Waals surface area contributed by atoms with Gasteiger partial charge in [-0.05, 0) is 56.8 Å². The molecule has 1 aliphatic heterocycles. The second-order valence-corrected chi connectivity index (χ2v) is 7.76. The van der Waals surface area contributed by atoms with Gasteiger partial charge in [-0.15, -0.1) is 4.83 Å². The maximum atomic E-state index is 12.4. The number of anilines is 1. The highest BCUT2D eigenvalue weighted by Crippen LogP contribution is 2.32. The van der Waals surface area contributed by atoms with Gasteiger partial charge in [-0.2, -0.15) is 0 Å². The fraction of sp³-hybridized carbons (Fsp3) is 0.455. The van der Waals surface area contributed by atoms with Crippen molar-refractivity contribution in [2.24, 2.45) is 0 Å². The number of nitrogens with zero attached hydrogens (tertiary/aromatic N) is 1. The Morgan fingerprint density at radius 3 is 2.16 bits per heavy atom. The van der Waals surface area contributed by atoms with Crippen LogP contribution in [0.15, 0.2) is 26.0 Å². The lowest BCUT2D eigenvalue weighted by atomic mass is 10.2. The van der Waals surface area contributed by atoms with E-state index in [9.17, 15) is 8.42 Å². The third kappa shape index (κ3) is 3.69. The van der Waals surface area contributed by atoms with Gasteiger partial charge >= 0.3 is 0 Å². The summed E-state index contributed by atoms with van der Waals surface area (Å²) in [5.74, 6) is 0. The molecular weight excluding hydrogens is 398 g/mol. The second kappa shape index (κ2) is 6.09. The normalized spacial score (nSPS) is 17.6. The third-order valence-electron chi connectivity index (χ3n) is 2.89. The Morgan fingerprint density at radius 1 is 1.11 bits per heavy atom. The van der Waals surface area contributed by atoms with Crippen molar-refractivity contribution >= 4 is 47.6 Å². The summed E-state index contributed by atoms with van der Waals surface area (Å²) < 4.78 is 25.7. The Bertz CT molecular complexity index is 548. The van der Waals surface area contributed by atoms with E-state index in [0.29, 0.717) is 14.6 Å². The number of hydrogen-bond acceptors (Lipinski definition) is 4. The molecule has 1 fully saturated rings. The van der Waals surface area contributed by atoms with Crippen LogP contribution in [-0.4, -0.2) is 26.5 Å². The van der Waals surface area contributed by atoms with Crippen molar-refractivity contribution in [2.45, 2.75) is 24.2 Å². The van der Waals surface area contributed by atoms with E-state index in [0.717, 1.165) is 32.4 Å². The first-order valence-electron chi connectivity index (χ1n) is 5.92.